The molecule has 0 atom stereocenters. The van der Waals surface area contributed by atoms with E-state index in [0.717, 1.165) is 35.6 Å². The molecule has 9 aromatic carbocycles. The first-order chi connectivity index (χ1) is 30.2. The first-order valence-electron chi connectivity index (χ1n) is 21.2. The van der Waals surface area contributed by atoms with Crippen molar-refractivity contribution in [2.75, 3.05) is 4.90 Å². The molecule has 1 aliphatic rings. The van der Waals surface area contributed by atoms with Gasteiger partial charge in [-0.25, -0.2) is 0 Å². The maximum absolute atomic E-state index is 2.44. The van der Waals surface area contributed by atoms with E-state index in [0.29, 0.717) is 0 Å². The molecular weight excluding hydrogens is 739 g/mol. The van der Waals surface area contributed by atoms with E-state index in [1.165, 1.54) is 82.0 Å². The van der Waals surface area contributed by atoms with Crippen molar-refractivity contribution >= 4 is 72.7 Å². The Bertz CT molecular complexity index is 3580. The molecule has 2 heterocycles. The van der Waals surface area contributed by atoms with Crippen molar-refractivity contribution in [3.05, 3.63) is 223 Å². The van der Waals surface area contributed by atoms with E-state index in [9.17, 15) is 0 Å². The van der Waals surface area contributed by atoms with Gasteiger partial charge in [-0.2, -0.15) is 0 Å². The van der Waals surface area contributed by atoms with Crippen LogP contribution < -0.4 is 15.5 Å². The van der Waals surface area contributed by atoms with Crippen LogP contribution in [0.3, 0.4) is 0 Å². The van der Waals surface area contributed by atoms with Crippen LogP contribution in [0.5, 0.6) is 0 Å². The molecule has 288 valence electrons. The Hall–Kier alpha value is -7.88. The second-order valence-corrected chi connectivity index (χ2v) is 16.1. The highest BCUT2D eigenvalue weighted by atomic mass is 15.1. The fourth-order valence-electron chi connectivity index (χ4n) is 9.63. The molecule has 0 bridgehead atoms. The molecule has 61 heavy (non-hydrogen) atoms. The lowest BCUT2D eigenvalue weighted by Crippen LogP contribution is -2.30. The Morgan fingerprint density at radius 3 is 1.82 bits per heavy atom. The van der Waals surface area contributed by atoms with Gasteiger partial charge >= 0.3 is 0 Å². The van der Waals surface area contributed by atoms with E-state index >= 15 is 0 Å². The zero-order valence-corrected chi connectivity index (χ0v) is 33.6. The molecule has 2 aromatic heterocycles. The molecule has 3 heteroatoms. The highest BCUT2D eigenvalue weighted by Crippen LogP contribution is 2.41. The van der Waals surface area contributed by atoms with Gasteiger partial charge in [-0.1, -0.05) is 152 Å². The highest BCUT2D eigenvalue weighted by Gasteiger charge is 2.19. The van der Waals surface area contributed by atoms with Crippen molar-refractivity contribution in [2.45, 2.75) is 12.8 Å². The highest BCUT2D eigenvalue weighted by molar-refractivity contribution is 6.10. The molecule has 1 aliphatic carbocycles. The lowest BCUT2D eigenvalue weighted by atomic mass is 10.0. The van der Waals surface area contributed by atoms with Crippen molar-refractivity contribution in [3.63, 3.8) is 0 Å². The number of hydrogen-bond acceptors (Lipinski definition) is 1. The summed E-state index contributed by atoms with van der Waals surface area (Å²) in [5.41, 5.74) is 14.0. The summed E-state index contributed by atoms with van der Waals surface area (Å²) in [6.07, 6.45) is 6.94. The van der Waals surface area contributed by atoms with Gasteiger partial charge in [0.15, 0.2) is 0 Å². The van der Waals surface area contributed by atoms with Gasteiger partial charge in [0.05, 0.1) is 16.6 Å². The molecule has 0 unspecified atom stereocenters. The standard InChI is InChI=1S/C58H41N3/c1-3-14-40(15-4-1)42-26-30-47(31-27-42)59(50-33-35-54-52-23-10-12-25-56(52)61(58(54)39-50)49-32-28-41-16-7-8-17-43(41)36-49)48-21-13-18-44(37-48)45-29-34-53-51-22-9-11-24-55(51)60(57(53)38-45)46-19-5-2-6-20-46/h1-8,10,12-39H,9,11H2. The topological polar surface area (TPSA) is 13.1 Å². The van der Waals surface area contributed by atoms with E-state index in [1.54, 1.807) is 0 Å². The minimum absolute atomic E-state index is 1.06. The van der Waals surface area contributed by atoms with Gasteiger partial charge in [0.2, 0.25) is 0 Å². The van der Waals surface area contributed by atoms with Crippen LogP contribution in [0.25, 0.3) is 89.3 Å². The summed E-state index contributed by atoms with van der Waals surface area (Å²) in [6, 6.07) is 77.6. The smallest absolute Gasteiger partial charge is 0.0561 e. The normalized spacial score (nSPS) is 12.4. The Morgan fingerprint density at radius 2 is 0.951 bits per heavy atom. The summed E-state index contributed by atoms with van der Waals surface area (Å²) >= 11 is 0. The van der Waals surface area contributed by atoms with Crippen LogP contribution in [0.15, 0.2) is 212 Å². The molecule has 0 fully saturated rings. The summed E-state index contributed by atoms with van der Waals surface area (Å²) in [5, 5.41) is 8.86. The molecule has 0 spiro atoms. The predicted octanol–water partition coefficient (Wildman–Crippen LogP) is 14.0. The first-order valence-corrected chi connectivity index (χ1v) is 21.2. The molecule has 0 saturated carbocycles. The van der Waals surface area contributed by atoms with Gasteiger partial charge in [0.1, 0.15) is 0 Å². The lowest BCUT2D eigenvalue weighted by molar-refractivity contribution is 1.02. The second kappa shape index (κ2) is 14.4. The molecule has 3 nitrogen and oxygen atoms in total. The monoisotopic (exact) mass is 779 g/mol. The molecule has 0 amide bonds. The zero-order chi connectivity index (χ0) is 40.3. The van der Waals surface area contributed by atoms with Crippen molar-refractivity contribution in [1.82, 2.24) is 9.13 Å². The number of fused-ring (bicyclic) bond motifs is 7. The van der Waals surface area contributed by atoms with E-state index in [2.05, 4.69) is 239 Å². The summed E-state index contributed by atoms with van der Waals surface area (Å²) < 4.78 is 4.87. The van der Waals surface area contributed by atoms with Gasteiger partial charge < -0.3 is 14.0 Å². The molecule has 0 saturated heterocycles. The number of aromatic nitrogens is 2. The third kappa shape index (κ3) is 5.97. The summed E-state index contributed by atoms with van der Waals surface area (Å²) in [6.45, 7) is 0. The van der Waals surface area contributed by atoms with Gasteiger partial charge in [-0.3, -0.25) is 0 Å². The minimum Gasteiger partial charge on any atom is -0.310 e. The fourth-order valence-corrected chi connectivity index (χ4v) is 9.63. The molecule has 11 aromatic rings. The SMILES string of the molecule is C1=c2c(n(-c3ccccc3)c3cc(-c4cccc(N(c5ccc(-c6ccccc6)cc5)c5ccc6c7ccccc7n(-c7ccc8ccccc8c7)c6c5)c4)ccc23)=CCC1. The van der Waals surface area contributed by atoms with Crippen molar-refractivity contribution < 1.29 is 0 Å². The van der Waals surface area contributed by atoms with Gasteiger partial charge in [-0.15, -0.1) is 0 Å². The fraction of sp³-hybridized carbons (Fsp3) is 0.0345. The average molecular weight is 780 g/mol. The van der Waals surface area contributed by atoms with Crippen molar-refractivity contribution in [1.29, 1.82) is 0 Å². The summed E-state index contributed by atoms with van der Waals surface area (Å²) in [4.78, 5) is 2.41. The molecule has 0 aliphatic heterocycles. The van der Waals surface area contributed by atoms with E-state index in [4.69, 9.17) is 0 Å². The van der Waals surface area contributed by atoms with Crippen LogP contribution in [-0.4, -0.2) is 9.13 Å². The maximum Gasteiger partial charge on any atom is 0.0561 e. The third-order valence-electron chi connectivity index (χ3n) is 12.5. The number of anilines is 3. The Kier molecular flexibility index (Phi) is 8.31. The lowest BCUT2D eigenvalue weighted by Gasteiger charge is -2.26. The van der Waals surface area contributed by atoms with Gasteiger partial charge in [-0.05, 0) is 119 Å². The van der Waals surface area contributed by atoms with Crippen LogP contribution in [0.4, 0.5) is 17.1 Å². The molecule has 0 radical (unpaired) electrons. The van der Waals surface area contributed by atoms with E-state index in [-0.39, 0.29) is 0 Å². The number of para-hydroxylation sites is 2. The minimum atomic E-state index is 1.06. The van der Waals surface area contributed by atoms with Crippen LogP contribution in [0.2, 0.25) is 0 Å². The van der Waals surface area contributed by atoms with Crippen LogP contribution in [0.1, 0.15) is 12.8 Å². The summed E-state index contributed by atoms with van der Waals surface area (Å²) in [5.74, 6) is 0. The summed E-state index contributed by atoms with van der Waals surface area (Å²) in [7, 11) is 0. The van der Waals surface area contributed by atoms with Gasteiger partial charge in [0, 0.05) is 55.2 Å². The predicted molar refractivity (Wildman–Crippen MR) is 258 cm³/mol. The van der Waals surface area contributed by atoms with E-state index < -0.39 is 0 Å². The second-order valence-electron chi connectivity index (χ2n) is 16.1. The van der Waals surface area contributed by atoms with Crippen LogP contribution >= 0.6 is 0 Å². The first kappa shape index (κ1) is 35.1. The molecule has 0 N–H and O–H groups in total. The Balaban J connectivity index is 1.04. The Morgan fingerprint density at radius 1 is 0.328 bits per heavy atom. The number of nitrogens with zero attached hydrogens (tertiary/aromatic N) is 3. The van der Waals surface area contributed by atoms with Gasteiger partial charge in [0.25, 0.3) is 0 Å². The zero-order valence-electron chi connectivity index (χ0n) is 33.6. The largest absolute Gasteiger partial charge is 0.310 e. The third-order valence-corrected chi connectivity index (χ3v) is 12.5. The molecule has 12 rings (SSSR count). The van der Waals surface area contributed by atoms with Crippen molar-refractivity contribution in [2.24, 2.45) is 0 Å². The maximum atomic E-state index is 2.44. The number of benzene rings is 9. The van der Waals surface area contributed by atoms with Crippen LogP contribution in [0, 0.1) is 0 Å². The average Bonchev–Trinajstić information content (AvgIpc) is 3.84. The number of hydrogen-bond donors (Lipinski definition) is 0. The van der Waals surface area contributed by atoms with Crippen LogP contribution in [-0.2, 0) is 0 Å². The number of rotatable bonds is 7. The van der Waals surface area contributed by atoms with E-state index in [1.807, 2.05) is 0 Å². The molecular formula is C58H41N3. The van der Waals surface area contributed by atoms with Crippen molar-refractivity contribution in [3.8, 4) is 33.6 Å². The Labute approximate surface area is 354 Å². The quantitative estimate of drug-likeness (QED) is 0.157.